The van der Waals surface area contributed by atoms with E-state index in [4.69, 9.17) is 4.42 Å². The second-order valence-electron chi connectivity index (χ2n) is 11.2. The molecule has 4 aromatic rings. The van der Waals surface area contributed by atoms with Gasteiger partial charge in [-0.15, -0.1) is 0 Å². The van der Waals surface area contributed by atoms with Crippen molar-refractivity contribution in [3.05, 3.63) is 113 Å². The molecule has 238 valence electrons. The first-order valence-corrected chi connectivity index (χ1v) is 15.2. The van der Waals surface area contributed by atoms with Crippen molar-refractivity contribution >= 4 is 11.8 Å². The lowest BCUT2D eigenvalue weighted by molar-refractivity contribution is 0.0755. The normalized spacial score (nSPS) is 12.5. The number of aromatic nitrogens is 1. The third-order valence-corrected chi connectivity index (χ3v) is 7.31. The number of aliphatic hydroxyl groups is 1. The van der Waals surface area contributed by atoms with Gasteiger partial charge in [0.25, 0.3) is 11.8 Å². The molecular weight excluding hydrogens is 578 g/mol. The van der Waals surface area contributed by atoms with Crippen LogP contribution in [0.15, 0.2) is 77.5 Å². The zero-order chi connectivity index (χ0) is 32.3. The van der Waals surface area contributed by atoms with Gasteiger partial charge in [-0.05, 0) is 85.3 Å². The van der Waals surface area contributed by atoms with Crippen molar-refractivity contribution in [2.75, 3.05) is 19.6 Å². The van der Waals surface area contributed by atoms with Crippen LogP contribution in [0.5, 0.6) is 0 Å². The van der Waals surface area contributed by atoms with E-state index in [-0.39, 0.29) is 30.0 Å². The quantitative estimate of drug-likeness (QED) is 0.158. The van der Waals surface area contributed by atoms with Crippen LogP contribution in [0, 0.1) is 18.6 Å². The average molecular weight is 619 g/mol. The molecule has 0 bridgehead atoms. The predicted octanol–water partition coefficient (Wildman–Crippen LogP) is 5.68. The van der Waals surface area contributed by atoms with E-state index in [0.717, 1.165) is 35.6 Å². The molecule has 2 atom stereocenters. The zero-order valence-electron chi connectivity index (χ0n) is 25.9. The highest BCUT2D eigenvalue weighted by molar-refractivity contribution is 6.00. The number of oxazole rings is 1. The molecule has 1 aromatic heterocycles. The summed E-state index contributed by atoms with van der Waals surface area (Å²) in [6.45, 7) is 7.51. The highest BCUT2D eigenvalue weighted by atomic mass is 19.1. The summed E-state index contributed by atoms with van der Waals surface area (Å²) >= 11 is 0. The van der Waals surface area contributed by atoms with E-state index in [1.807, 2.05) is 38.1 Å². The van der Waals surface area contributed by atoms with Crippen LogP contribution >= 0.6 is 0 Å². The molecule has 0 saturated carbocycles. The van der Waals surface area contributed by atoms with Gasteiger partial charge in [-0.1, -0.05) is 26.0 Å². The fraction of sp³-hybridized carbons (Fsp3) is 0.343. The van der Waals surface area contributed by atoms with Gasteiger partial charge in [-0.25, -0.2) is 13.8 Å². The van der Waals surface area contributed by atoms with Crippen LogP contribution in [-0.4, -0.2) is 58.6 Å². The highest BCUT2D eigenvalue weighted by Crippen LogP contribution is 2.19. The van der Waals surface area contributed by atoms with Crippen LogP contribution in [0.3, 0.4) is 0 Å². The molecule has 2 amide bonds. The van der Waals surface area contributed by atoms with Crippen molar-refractivity contribution in [1.29, 1.82) is 0 Å². The van der Waals surface area contributed by atoms with Gasteiger partial charge in [0.05, 0.1) is 18.3 Å². The van der Waals surface area contributed by atoms with Crippen LogP contribution in [0.4, 0.5) is 8.78 Å². The number of nitrogens with zero attached hydrogens (tertiary/aromatic N) is 2. The smallest absolute Gasteiger partial charge is 0.253 e. The highest BCUT2D eigenvalue weighted by Gasteiger charge is 2.24. The first-order valence-electron chi connectivity index (χ1n) is 15.2. The molecule has 1 heterocycles. The van der Waals surface area contributed by atoms with Crippen molar-refractivity contribution < 1.29 is 27.9 Å². The Kier molecular flexibility index (Phi) is 11.9. The Labute approximate surface area is 262 Å². The van der Waals surface area contributed by atoms with Crippen molar-refractivity contribution in [2.45, 2.75) is 58.7 Å². The van der Waals surface area contributed by atoms with Gasteiger partial charge in [-0.2, -0.15) is 0 Å². The number of halogens is 2. The predicted molar refractivity (Wildman–Crippen MR) is 169 cm³/mol. The Balaban J connectivity index is 1.50. The lowest BCUT2D eigenvalue weighted by Gasteiger charge is -2.25. The summed E-state index contributed by atoms with van der Waals surface area (Å²) in [6.07, 6.45) is 3.54. The van der Waals surface area contributed by atoms with E-state index in [2.05, 4.69) is 15.6 Å². The maximum Gasteiger partial charge on any atom is 0.253 e. The van der Waals surface area contributed by atoms with Crippen molar-refractivity contribution in [3.63, 3.8) is 0 Å². The fourth-order valence-corrected chi connectivity index (χ4v) is 5.28. The third-order valence-electron chi connectivity index (χ3n) is 7.31. The molecule has 0 unspecified atom stereocenters. The van der Waals surface area contributed by atoms with E-state index in [1.54, 1.807) is 36.2 Å². The van der Waals surface area contributed by atoms with E-state index >= 15 is 0 Å². The first kappa shape index (κ1) is 33.5. The molecule has 10 heteroatoms. The molecule has 0 spiro atoms. The monoisotopic (exact) mass is 618 g/mol. The Morgan fingerprint density at radius 3 is 2.33 bits per heavy atom. The van der Waals surface area contributed by atoms with Gasteiger partial charge >= 0.3 is 0 Å². The third kappa shape index (κ3) is 9.54. The van der Waals surface area contributed by atoms with Gasteiger partial charge in [0.2, 0.25) is 5.89 Å². The maximum atomic E-state index is 14.0. The minimum absolute atomic E-state index is 0.0265. The van der Waals surface area contributed by atoms with Gasteiger partial charge in [0.1, 0.15) is 17.9 Å². The molecule has 8 nitrogen and oxygen atoms in total. The van der Waals surface area contributed by atoms with E-state index < -0.39 is 29.7 Å². The molecule has 0 radical (unpaired) electrons. The number of carbonyl (C=O) groups excluding carboxylic acids is 2. The van der Waals surface area contributed by atoms with Crippen molar-refractivity contribution in [2.24, 2.45) is 0 Å². The first-order chi connectivity index (χ1) is 21.7. The molecule has 45 heavy (non-hydrogen) atoms. The number of benzene rings is 3. The summed E-state index contributed by atoms with van der Waals surface area (Å²) in [5.41, 5.74) is 3.40. The number of hydrogen-bond donors (Lipinski definition) is 3. The number of carbonyl (C=O) groups is 2. The maximum absolute atomic E-state index is 14.0. The molecule has 4 rings (SSSR count). The molecule has 0 fully saturated rings. The van der Waals surface area contributed by atoms with E-state index in [0.29, 0.717) is 31.1 Å². The number of nitrogens with one attached hydrogen (secondary N) is 2. The Hall–Kier alpha value is -4.41. The van der Waals surface area contributed by atoms with Crippen LogP contribution in [0.1, 0.15) is 64.1 Å². The number of aliphatic hydroxyl groups excluding tert-OH is 1. The zero-order valence-corrected chi connectivity index (χ0v) is 25.9. The number of amides is 2. The van der Waals surface area contributed by atoms with Gasteiger partial charge in [-0.3, -0.25) is 9.59 Å². The average Bonchev–Trinajstić information content (AvgIpc) is 3.55. The lowest BCUT2D eigenvalue weighted by Crippen LogP contribution is -2.48. The standard InChI is InChI=1S/C35H40F2N4O4/c1-4-10-41(11-5-2)35(44)28-14-23(3)13-27(19-28)33(43)40-31(18-25-16-29(36)20-30(37)17-25)32(42)22-38-21-24-7-6-8-26(15-24)34-39-9-12-45-34/h6-9,12-17,19-20,31-32,38,42H,4-5,10-11,18,21-22H2,1-3H3,(H,40,43)/t31-,32+/m0/s1. The summed E-state index contributed by atoms with van der Waals surface area (Å²) < 4.78 is 33.4. The largest absolute Gasteiger partial charge is 0.445 e. The van der Waals surface area contributed by atoms with E-state index in [9.17, 15) is 23.5 Å². The fourth-order valence-electron chi connectivity index (χ4n) is 5.28. The van der Waals surface area contributed by atoms with E-state index in [1.165, 1.54) is 18.4 Å². The Bertz CT molecular complexity index is 1550. The Morgan fingerprint density at radius 1 is 0.956 bits per heavy atom. The van der Waals surface area contributed by atoms with Crippen molar-refractivity contribution in [1.82, 2.24) is 20.5 Å². The van der Waals surface area contributed by atoms with Gasteiger partial charge in [0.15, 0.2) is 0 Å². The van der Waals surface area contributed by atoms with Crippen LogP contribution < -0.4 is 10.6 Å². The second-order valence-corrected chi connectivity index (χ2v) is 11.2. The summed E-state index contributed by atoms with van der Waals surface area (Å²) in [5, 5.41) is 17.3. The summed E-state index contributed by atoms with van der Waals surface area (Å²) in [5.74, 6) is -1.67. The van der Waals surface area contributed by atoms with Gasteiger partial charge in [0, 0.05) is 48.9 Å². The molecule has 3 aromatic carbocycles. The van der Waals surface area contributed by atoms with Crippen LogP contribution in [0.25, 0.3) is 11.5 Å². The summed E-state index contributed by atoms with van der Waals surface area (Å²) in [6, 6.07) is 14.8. The number of aryl methyl sites for hydroxylation is 1. The second kappa shape index (κ2) is 16.1. The van der Waals surface area contributed by atoms with Crippen LogP contribution in [-0.2, 0) is 13.0 Å². The van der Waals surface area contributed by atoms with Gasteiger partial charge < -0.3 is 25.1 Å². The number of rotatable bonds is 15. The molecule has 0 aliphatic rings. The van der Waals surface area contributed by atoms with Crippen LogP contribution in [0.2, 0.25) is 0 Å². The molecule has 0 aliphatic heterocycles. The molecule has 0 saturated heterocycles. The summed E-state index contributed by atoms with van der Waals surface area (Å²) in [7, 11) is 0. The Morgan fingerprint density at radius 2 is 1.67 bits per heavy atom. The molecule has 3 N–H and O–H groups in total. The number of hydrogen-bond acceptors (Lipinski definition) is 6. The molecule has 0 aliphatic carbocycles. The summed E-state index contributed by atoms with van der Waals surface area (Å²) in [4.78, 5) is 32.8. The topological polar surface area (TPSA) is 108 Å². The minimum Gasteiger partial charge on any atom is -0.445 e. The molecular formula is C35H40F2N4O4. The minimum atomic E-state index is -1.12. The lowest BCUT2D eigenvalue weighted by atomic mass is 9.99. The SMILES string of the molecule is CCCN(CCC)C(=O)c1cc(C)cc(C(=O)N[C@@H](Cc2cc(F)cc(F)c2)[C@H](O)CNCc2cccc(-c3ncco3)c2)c1. The van der Waals surface area contributed by atoms with Crippen molar-refractivity contribution in [3.8, 4) is 11.5 Å².